The van der Waals surface area contributed by atoms with Gasteiger partial charge in [0.15, 0.2) is 0 Å². The van der Waals surface area contributed by atoms with Gasteiger partial charge in [-0.05, 0) is 73.2 Å². The predicted octanol–water partition coefficient (Wildman–Crippen LogP) is 5.37. The molecule has 0 aromatic heterocycles. The minimum Gasteiger partial charge on any atom is -0.507 e. The van der Waals surface area contributed by atoms with Crippen LogP contribution in [0, 0.1) is 0 Å². The first kappa shape index (κ1) is 22.4. The summed E-state index contributed by atoms with van der Waals surface area (Å²) in [7, 11) is 1.54. The third-order valence-corrected chi connectivity index (χ3v) is 5.65. The van der Waals surface area contributed by atoms with Crippen molar-refractivity contribution in [1.82, 2.24) is 0 Å². The van der Waals surface area contributed by atoms with E-state index < -0.39 is 17.7 Å². The van der Waals surface area contributed by atoms with Gasteiger partial charge in [0.25, 0.3) is 11.7 Å². The topological polar surface area (TPSA) is 76.1 Å². The maximum atomic E-state index is 13.2. The molecule has 3 aromatic rings. The van der Waals surface area contributed by atoms with Crippen molar-refractivity contribution in [2.75, 3.05) is 18.6 Å². The van der Waals surface area contributed by atoms with Crippen LogP contribution in [0.4, 0.5) is 5.69 Å². The number of aliphatic hydroxyl groups is 1. The van der Waals surface area contributed by atoms with Gasteiger partial charge in [-0.1, -0.05) is 23.7 Å². The van der Waals surface area contributed by atoms with Gasteiger partial charge in [0.1, 0.15) is 17.3 Å². The lowest BCUT2D eigenvalue weighted by atomic mass is 9.95. The average Bonchev–Trinajstić information content (AvgIpc) is 3.10. The van der Waals surface area contributed by atoms with Crippen molar-refractivity contribution in [2.24, 2.45) is 0 Å². The number of halogens is 1. The maximum absolute atomic E-state index is 13.2. The molecule has 1 aliphatic heterocycles. The van der Waals surface area contributed by atoms with Crippen molar-refractivity contribution in [2.45, 2.75) is 13.0 Å². The second kappa shape index (κ2) is 9.38. The fourth-order valence-corrected chi connectivity index (χ4v) is 3.99. The first-order valence-electron chi connectivity index (χ1n) is 10.4. The van der Waals surface area contributed by atoms with Crippen LogP contribution in [0.25, 0.3) is 5.76 Å². The molecule has 0 aliphatic carbocycles. The molecule has 1 atom stereocenters. The Morgan fingerprint density at radius 1 is 1.00 bits per heavy atom. The Bertz CT molecular complexity index is 1220. The lowest BCUT2D eigenvalue weighted by Crippen LogP contribution is -2.29. The summed E-state index contributed by atoms with van der Waals surface area (Å²) in [5.41, 5.74) is 1.51. The third kappa shape index (κ3) is 4.30. The Morgan fingerprint density at radius 3 is 2.33 bits per heavy atom. The van der Waals surface area contributed by atoms with Crippen molar-refractivity contribution in [3.8, 4) is 11.5 Å². The number of carbonyl (C=O) groups excluding carboxylic acids is 2. The zero-order valence-corrected chi connectivity index (χ0v) is 18.9. The number of methoxy groups -OCH3 is 1. The minimum absolute atomic E-state index is 0.00577. The smallest absolute Gasteiger partial charge is 0.300 e. The van der Waals surface area contributed by atoms with E-state index in [9.17, 15) is 14.7 Å². The fraction of sp³-hybridized carbons (Fsp3) is 0.154. The largest absolute Gasteiger partial charge is 0.507 e. The first-order valence-corrected chi connectivity index (χ1v) is 10.8. The highest BCUT2D eigenvalue weighted by Gasteiger charge is 2.47. The van der Waals surface area contributed by atoms with Gasteiger partial charge in [-0.25, -0.2) is 0 Å². The van der Waals surface area contributed by atoms with E-state index in [0.717, 1.165) is 0 Å². The van der Waals surface area contributed by atoms with E-state index in [4.69, 9.17) is 21.1 Å². The van der Waals surface area contributed by atoms with Crippen LogP contribution in [0.15, 0.2) is 78.4 Å². The number of aliphatic hydroxyl groups excluding tert-OH is 1. The normalized spacial score (nSPS) is 17.3. The molecule has 1 aliphatic rings. The summed E-state index contributed by atoms with van der Waals surface area (Å²) in [5.74, 6) is -0.571. The number of carbonyl (C=O) groups is 2. The van der Waals surface area contributed by atoms with E-state index in [0.29, 0.717) is 39.9 Å². The van der Waals surface area contributed by atoms with Gasteiger partial charge in [0.05, 0.1) is 25.3 Å². The molecule has 7 heteroatoms. The summed E-state index contributed by atoms with van der Waals surface area (Å²) in [6.07, 6.45) is 0. The van der Waals surface area contributed by atoms with E-state index in [1.165, 1.54) is 12.0 Å². The molecule has 33 heavy (non-hydrogen) atoms. The molecule has 1 fully saturated rings. The van der Waals surface area contributed by atoms with E-state index in [-0.39, 0.29) is 11.3 Å². The molecule has 3 aromatic carbocycles. The molecule has 168 valence electrons. The van der Waals surface area contributed by atoms with Crippen LogP contribution < -0.4 is 14.4 Å². The van der Waals surface area contributed by atoms with Gasteiger partial charge in [-0.2, -0.15) is 0 Å². The zero-order valence-electron chi connectivity index (χ0n) is 18.1. The molecule has 1 heterocycles. The second-order valence-corrected chi connectivity index (χ2v) is 7.82. The van der Waals surface area contributed by atoms with Crippen LogP contribution in [0.5, 0.6) is 11.5 Å². The standard InChI is InChI=1S/C26H22ClNO5/c1-3-33-21-6-4-5-17(15-21)23-22(24(29)16-7-13-20(32-2)14-8-16)25(30)26(31)28(23)19-11-9-18(27)10-12-19/h4-15,23,29H,3H2,1-2H3/b24-22-. The Hall–Kier alpha value is -3.77. The molecule has 6 nitrogen and oxygen atoms in total. The van der Waals surface area contributed by atoms with Gasteiger partial charge in [0, 0.05) is 16.3 Å². The lowest BCUT2D eigenvalue weighted by molar-refractivity contribution is -0.132. The number of benzene rings is 3. The summed E-state index contributed by atoms with van der Waals surface area (Å²) >= 11 is 6.03. The molecule has 0 bridgehead atoms. The molecule has 1 N–H and O–H groups in total. The molecule has 0 saturated carbocycles. The number of amides is 1. The number of rotatable bonds is 6. The number of ketones is 1. The van der Waals surface area contributed by atoms with Crippen molar-refractivity contribution < 1.29 is 24.2 Å². The van der Waals surface area contributed by atoms with Gasteiger partial charge < -0.3 is 14.6 Å². The summed E-state index contributed by atoms with van der Waals surface area (Å²) in [5, 5.41) is 11.7. The molecule has 0 radical (unpaired) electrons. The Kier molecular flexibility index (Phi) is 6.38. The number of Topliss-reactive ketones (excluding diaryl/α,β-unsaturated/α-hetero) is 1. The molecular weight excluding hydrogens is 442 g/mol. The van der Waals surface area contributed by atoms with Crippen molar-refractivity contribution in [3.05, 3.63) is 94.5 Å². The van der Waals surface area contributed by atoms with E-state index in [1.807, 2.05) is 6.92 Å². The highest BCUT2D eigenvalue weighted by molar-refractivity contribution is 6.51. The van der Waals surface area contributed by atoms with Crippen LogP contribution >= 0.6 is 11.6 Å². The molecular formula is C26H22ClNO5. The van der Waals surface area contributed by atoms with E-state index in [2.05, 4.69) is 0 Å². The molecule has 4 rings (SSSR count). The highest BCUT2D eigenvalue weighted by atomic mass is 35.5. The number of nitrogens with zero attached hydrogens (tertiary/aromatic N) is 1. The van der Waals surface area contributed by atoms with E-state index >= 15 is 0 Å². The monoisotopic (exact) mass is 463 g/mol. The minimum atomic E-state index is -0.853. The Balaban J connectivity index is 1.91. The number of ether oxygens (including phenoxy) is 2. The third-order valence-electron chi connectivity index (χ3n) is 5.40. The average molecular weight is 464 g/mol. The first-order chi connectivity index (χ1) is 15.9. The lowest BCUT2D eigenvalue weighted by Gasteiger charge is -2.26. The van der Waals surface area contributed by atoms with Gasteiger partial charge in [0.2, 0.25) is 0 Å². The van der Waals surface area contributed by atoms with Crippen LogP contribution in [-0.2, 0) is 9.59 Å². The molecule has 0 spiro atoms. The van der Waals surface area contributed by atoms with Gasteiger partial charge >= 0.3 is 0 Å². The zero-order chi connectivity index (χ0) is 23.5. The summed E-state index contributed by atoms with van der Waals surface area (Å²) in [6.45, 7) is 2.34. The van der Waals surface area contributed by atoms with Crippen LogP contribution in [0.1, 0.15) is 24.1 Å². The summed E-state index contributed by atoms with van der Waals surface area (Å²) in [6, 6.07) is 19.5. The van der Waals surface area contributed by atoms with E-state index in [1.54, 1.807) is 72.8 Å². The fourth-order valence-electron chi connectivity index (χ4n) is 3.86. The van der Waals surface area contributed by atoms with Crippen molar-refractivity contribution >= 4 is 34.7 Å². The Morgan fingerprint density at radius 2 is 1.70 bits per heavy atom. The highest BCUT2D eigenvalue weighted by Crippen LogP contribution is 2.43. The summed E-state index contributed by atoms with van der Waals surface area (Å²) < 4.78 is 10.8. The van der Waals surface area contributed by atoms with Crippen LogP contribution in [0.2, 0.25) is 5.02 Å². The second-order valence-electron chi connectivity index (χ2n) is 7.38. The molecule has 1 saturated heterocycles. The number of anilines is 1. The quantitative estimate of drug-likeness (QED) is 0.302. The predicted molar refractivity (Wildman–Crippen MR) is 127 cm³/mol. The Labute approximate surface area is 196 Å². The molecule has 1 unspecified atom stereocenters. The summed E-state index contributed by atoms with van der Waals surface area (Å²) in [4.78, 5) is 27.7. The number of hydrogen-bond donors (Lipinski definition) is 1. The SMILES string of the molecule is CCOc1cccc(C2/C(=C(/O)c3ccc(OC)cc3)C(=O)C(=O)N2c2ccc(Cl)cc2)c1. The maximum Gasteiger partial charge on any atom is 0.300 e. The molecule has 1 amide bonds. The van der Waals surface area contributed by atoms with Crippen molar-refractivity contribution in [3.63, 3.8) is 0 Å². The van der Waals surface area contributed by atoms with Gasteiger partial charge in [-0.15, -0.1) is 0 Å². The number of hydrogen-bond acceptors (Lipinski definition) is 5. The van der Waals surface area contributed by atoms with Crippen LogP contribution in [0.3, 0.4) is 0 Å². The van der Waals surface area contributed by atoms with Gasteiger partial charge in [-0.3, -0.25) is 14.5 Å². The van der Waals surface area contributed by atoms with Crippen molar-refractivity contribution in [1.29, 1.82) is 0 Å². The van der Waals surface area contributed by atoms with Crippen LogP contribution in [-0.4, -0.2) is 30.5 Å².